The number of carboxylic acids is 1. The average Bonchev–Trinajstić information content (AvgIpc) is 2.81. The van der Waals surface area contributed by atoms with Crippen molar-refractivity contribution in [1.82, 2.24) is 0 Å². The van der Waals surface area contributed by atoms with Gasteiger partial charge in [-0.3, -0.25) is 9.69 Å². The van der Waals surface area contributed by atoms with Crippen molar-refractivity contribution in [2.45, 2.75) is 0 Å². The molecular weight excluding hydrogens is 349 g/mol. The van der Waals surface area contributed by atoms with Crippen LogP contribution < -0.4 is 10.0 Å². The van der Waals surface area contributed by atoms with Crippen LogP contribution in [0.15, 0.2) is 53.4 Å². The second kappa shape index (κ2) is 6.54. The molecule has 0 atom stereocenters. The Morgan fingerprint density at radius 1 is 1.21 bits per heavy atom. The zero-order valence-corrected chi connectivity index (χ0v) is 13.7. The van der Waals surface area contributed by atoms with Crippen LogP contribution in [0.25, 0.3) is 6.08 Å². The highest BCUT2D eigenvalue weighted by atomic mass is 32.2. The molecule has 0 spiro atoms. The normalized spacial score (nSPS) is 16.0. The first-order valence-corrected chi connectivity index (χ1v) is 8.03. The van der Waals surface area contributed by atoms with Gasteiger partial charge in [0.15, 0.2) is 4.32 Å². The SMILES string of the molecule is O=C([O-])c1ccc(N2C(=O)/C(=C/c3cccc(F)c3)SC2=S)cc1. The number of nitrogens with zero attached hydrogens (tertiary/aromatic N) is 1. The lowest BCUT2D eigenvalue weighted by Gasteiger charge is -2.15. The highest BCUT2D eigenvalue weighted by molar-refractivity contribution is 8.27. The molecule has 120 valence electrons. The topological polar surface area (TPSA) is 60.4 Å². The summed E-state index contributed by atoms with van der Waals surface area (Å²) in [7, 11) is 0. The molecule has 2 aromatic carbocycles. The maximum Gasteiger partial charge on any atom is 0.270 e. The van der Waals surface area contributed by atoms with Crippen molar-refractivity contribution >= 4 is 51.9 Å². The monoisotopic (exact) mass is 358 g/mol. The number of anilines is 1. The van der Waals surface area contributed by atoms with Gasteiger partial charge in [0.2, 0.25) is 0 Å². The van der Waals surface area contributed by atoms with Crippen LogP contribution in [-0.2, 0) is 4.79 Å². The first-order chi connectivity index (χ1) is 11.5. The predicted molar refractivity (Wildman–Crippen MR) is 92.8 cm³/mol. The van der Waals surface area contributed by atoms with Crippen LogP contribution in [0.3, 0.4) is 0 Å². The minimum atomic E-state index is -1.29. The highest BCUT2D eigenvalue weighted by Crippen LogP contribution is 2.36. The Morgan fingerprint density at radius 2 is 1.92 bits per heavy atom. The van der Waals surface area contributed by atoms with Gasteiger partial charge in [0.05, 0.1) is 16.6 Å². The minimum Gasteiger partial charge on any atom is -0.545 e. The van der Waals surface area contributed by atoms with Gasteiger partial charge in [-0.15, -0.1) is 0 Å². The first-order valence-electron chi connectivity index (χ1n) is 6.80. The Morgan fingerprint density at radius 3 is 2.54 bits per heavy atom. The van der Waals surface area contributed by atoms with Crippen molar-refractivity contribution in [2.75, 3.05) is 4.90 Å². The number of carbonyl (C=O) groups excluding carboxylic acids is 2. The maximum absolute atomic E-state index is 13.2. The van der Waals surface area contributed by atoms with Crippen LogP contribution >= 0.6 is 24.0 Å². The summed E-state index contributed by atoms with van der Waals surface area (Å²) in [6.45, 7) is 0. The molecule has 2 aromatic rings. The maximum atomic E-state index is 13.2. The number of thioether (sulfide) groups is 1. The Labute approximate surface area is 146 Å². The molecule has 4 nitrogen and oxygen atoms in total. The molecule has 1 amide bonds. The van der Waals surface area contributed by atoms with E-state index < -0.39 is 11.8 Å². The fourth-order valence-corrected chi connectivity index (χ4v) is 3.48. The van der Waals surface area contributed by atoms with Gasteiger partial charge in [-0.05, 0) is 41.5 Å². The van der Waals surface area contributed by atoms with Gasteiger partial charge in [-0.25, -0.2) is 4.39 Å². The molecule has 1 aliphatic rings. The Hall–Kier alpha value is -2.51. The van der Waals surface area contributed by atoms with E-state index in [-0.39, 0.29) is 11.5 Å². The number of carboxylic acid groups (broad SMARTS) is 1. The summed E-state index contributed by atoms with van der Waals surface area (Å²) in [4.78, 5) is 25.0. The van der Waals surface area contributed by atoms with E-state index in [2.05, 4.69) is 0 Å². The minimum absolute atomic E-state index is 0.0134. The largest absolute Gasteiger partial charge is 0.545 e. The lowest BCUT2D eigenvalue weighted by Crippen LogP contribution is -2.28. The number of hydrogen-bond acceptors (Lipinski definition) is 5. The Balaban J connectivity index is 1.90. The van der Waals surface area contributed by atoms with Crippen molar-refractivity contribution in [3.8, 4) is 0 Å². The number of thiocarbonyl (C=S) groups is 1. The van der Waals surface area contributed by atoms with Gasteiger partial charge >= 0.3 is 0 Å². The molecule has 24 heavy (non-hydrogen) atoms. The highest BCUT2D eigenvalue weighted by Gasteiger charge is 2.33. The van der Waals surface area contributed by atoms with E-state index in [4.69, 9.17) is 12.2 Å². The smallest absolute Gasteiger partial charge is 0.270 e. The quantitative estimate of drug-likeness (QED) is 0.623. The number of aromatic carboxylic acids is 1. The fraction of sp³-hybridized carbons (Fsp3) is 0. The van der Waals surface area contributed by atoms with Gasteiger partial charge in [0.1, 0.15) is 5.82 Å². The third kappa shape index (κ3) is 3.22. The lowest BCUT2D eigenvalue weighted by atomic mass is 10.2. The van der Waals surface area contributed by atoms with Crippen LogP contribution in [0, 0.1) is 5.82 Å². The molecule has 0 unspecified atom stereocenters. The zero-order chi connectivity index (χ0) is 17.3. The third-order valence-corrected chi connectivity index (χ3v) is 4.60. The van der Waals surface area contributed by atoms with Gasteiger partial charge in [0, 0.05) is 0 Å². The van der Waals surface area contributed by atoms with E-state index in [9.17, 15) is 19.1 Å². The molecule has 1 saturated heterocycles. The lowest BCUT2D eigenvalue weighted by molar-refractivity contribution is -0.255. The second-order valence-electron chi connectivity index (χ2n) is 4.91. The van der Waals surface area contributed by atoms with E-state index in [0.29, 0.717) is 20.5 Å². The van der Waals surface area contributed by atoms with Gasteiger partial charge < -0.3 is 9.90 Å². The number of amides is 1. The molecule has 0 N–H and O–H groups in total. The van der Waals surface area contributed by atoms with Gasteiger partial charge in [0.25, 0.3) is 5.91 Å². The van der Waals surface area contributed by atoms with Crippen molar-refractivity contribution in [1.29, 1.82) is 0 Å². The summed E-state index contributed by atoms with van der Waals surface area (Å²) >= 11 is 6.33. The number of rotatable bonds is 3. The molecule has 0 aromatic heterocycles. The molecule has 1 heterocycles. The zero-order valence-electron chi connectivity index (χ0n) is 12.1. The summed E-state index contributed by atoms with van der Waals surface area (Å²) in [5, 5.41) is 10.8. The van der Waals surface area contributed by atoms with E-state index in [1.807, 2.05) is 0 Å². The van der Waals surface area contributed by atoms with Crippen LogP contribution in [0.5, 0.6) is 0 Å². The predicted octanol–water partition coefficient (Wildman–Crippen LogP) is 2.60. The molecule has 1 aliphatic heterocycles. The number of benzene rings is 2. The number of halogens is 1. The molecule has 1 fully saturated rings. The fourth-order valence-electron chi connectivity index (χ4n) is 2.18. The number of hydrogen-bond donors (Lipinski definition) is 0. The molecule has 0 radical (unpaired) electrons. The van der Waals surface area contributed by atoms with E-state index >= 15 is 0 Å². The summed E-state index contributed by atoms with van der Waals surface area (Å²) in [5.74, 6) is -2.02. The molecule has 0 saturated carbocycles. The van der Waals surface area contributed by atoms with Crippen molar-refractivity contribution in [3.05, 3.63) is 70.4 Å². The molecule has 7 heteroatoms. The van der Waals surface area contributed by atoms with Gasteiger partial charge in [-0.1, -0.05) is 48.2 Å². The summed E-state index contributed by atoms with van der Waals surface area (Å²) in [5.41, 5.74) is 1.03. The molecule has 3 rings (SSSR count). The van der Waals surface area contributed by atoms with Crippen molar-refractivity contribution in [2.24, 2.45) is 0 Å². The standard InChI is InChI=1S/C17H10FNO3S2/c18-12-3-1-2-10(8-12)9-14-15(20)19(17(23)24-14)13-6-4-11(5-7-13)16(21)22/h1-9H,(H,21,22)/p-1/b14-9-. The third-order valence-electron chi connectivity index (χ3n) is 3.30. The average molecular weight is 358 g/mol. The molecular formula is C17H9FNO3S2-. The molecule has 0 aliphatic carbocycles. The first kappa shape index (κ1) is 16.4. The van der Waals surface area contributed by atoms with Crippen LogP contribution in [0.1, 0.15) is 15.9 Å². The van der Waals surface area contributed by atoms with Crippen molar-refractivity contribution < 1.29 is 19.1 Å². The second-order valence-corrected chi connectivity index (χ2v) is 6.58. The van der Waals surface area contributed by atoms with E-state index in [0.717, 1.165) is 11.8 Å². The summed E-state index contributed by atoms with van der Waals surface area (Å²) in [6.07, 6.45) is 1.57. The Bertz CT molecular complexity index is 878. The Kier molecular flexibility index (Phi) is 4.46. The van der Waals surface area contributed by atoms with Crippen LogP contribution in [0.2, 0.25) is 0 Å². The van der Waals surface area contributed by atoms with E-state index in [1.54, 1.807) is 18.2 Å². The van der Waals surface area contributed by atoms with E-state index in [1.165, 1.54) is 41.3 Å². The van der Waals surface area contributed by atoms with Crippen molar-refractivity contribution in [3.63, 3.8) is 0 Å². The summed E-state index contributed by atoms with van der Waals surface area (Å²) in [6, 6.07) is 11.6. The van der Waals surface area contributed by atoms with Crippen LogP contribution in [-0.4, -0.2) is 16.2 Å². The summed E-state index contributed by atoms with van der Waals surface area (Å²) < 4.78 is 13.6. The molecule has 0 bridgehead atoms. The van der Waals surface area contributed by atoms with Crippen LogP contribution in [0.4, 0.5) is 10.1 Å². The number of carbonyl (C=O) groups is 2. The van der Waals surface area contributed by atoms with Gasteiger partial charge in [-0.2, -0.15) is 0 Å².